The summed E-state index contributed by atoms with van der Waals surface area (Å²) < 4.78 is 5.45. The molecule has 5 N–H and O–H groups in total. The maximum atomic E-state index is 7.83. The SMILES string of the molecule is COc1ccc2nc(/C=C\c3ccccn3)nc([C@H]3CCCC[C@H]3N(N)C(=N)N)c2c1. The zero-order chi connectivity index (χ0) is 21.8. The van der Waals surface area contributed by atoms with Crippen LogP contribution in [0.25, 0.3) is 23.1 Å². The van der Waals surface area contributed by atoms with Crippen molar-refractivity contribution in [2.75, 3.05) is 7.11 Å². The highest BCUT2D eigenvalue weighted by molar-refractivity contribution is 5.84. The third-order valence-corrected chi connectivity index (χ3v) is 5.76. The maximum Gasteiger partial charge on any atom is 0.203 e. The molecule has 0 amide bonds. The van der Waals surface area contributed by atoms with Crippen LogP contribution in [0.3, 0.4) is 0 Å². The van der Waals surface area contributed by atoms with Crippen molar-refractivity contribution in [3.63, 3.8) is 0 Å². The number of ether oxygens (including phenoxy) is 1. The summed E-state index contributed by atoms with van der Waals surface area (Å²) in [6.07, 6.45) is 9.41. The topological polar surface area (TPSA) is 127 Å². The Balaban J connectivity index is 1.82. The van der Waals surface area contributed by atoms with Crippen LogP contribution >= 0.6 is 0 Å². The summed E-state index contributed by atoms with van der Waals surface area (Å²) in [7, 11) is 1.65. The van der Waals surface area contributed by atoms with E-state index in [9.17, 15) is 0 Å². The molecule has 8 heteroatoms. The second-order valence-electron chi connectivity index (χ2n) is 7.69. The Labute approximate surface area is 181 Å². The first kappa shape index (κ1) is 20.7. The molecule has 3 aromatic rings. The second-order valence-corrected chi connectivity index (χ2v) is 7.69. The summed E-state index contributed by atoms with van der Waals surface area (Å²) in [5.41, 5.74) is 8.30. The molecule has 0 aliphatic heterocycles. The molecular formula is C23H27N7O. The number of aromatic nitrogens is 3. The molecule has 1 aliphatic rings. The molecule has 0 spiro atoms. The fourth-order valence-corrected chi connectivity index (χ4v) is 4.21. The summed E-state index contributed by atoms with van der Waals surface area (Å²) in [5, 5.41) is 10.1. The number of nitrogens with two attached hydrogens (primary N) is 2. The Bertz CT molecular complexity index is 1100. The van der Waals surface area contributed by atoms with Gasteiger partial charge in [-0.3, -0.25) is 15.4 Å². The molecule has 4 rings (SSSR count). The van der Waals surface area contributed by atoms with Gasteiger partial charge in [-0.25, -0.2) is 15.8 Å². The van der Waals surface area contributed by atoms with Crippen molar-refractivity contribution in [3.05, 3.63) is 59.8 Å². The largest absolute Gasteiger partial charge is 0.497 e. The number of guanidine groups is 1. The number of pyridine rings is 1. The van der Waals surface area contributed by atoms with Gasteiger partial charge in [0.15, 0.2) is 5.82 Å². The summed E-state index contributed by atoms with van der Waals surface area (Å²) in [4.78, 5) is 14.0. The van der Waals surface area contributed by atoms with Crippen molar-refractivity contribution in [2.45, 2.75) is 37.6 Å². The van der Waals surface area contributed by atoms with E-state index in [0.717, 1.165) is 53.7 Å². The molecule has 2 aromatic heterocycles. The molecule has 0 radical (unpaired) electrons. The molecule has 0 unspecified atom stereocenters. The van der Waals surface area contributed by atoms with Gasteiger partial charge < -0.3 is 10.5 Å². The predicted molar refractivity (Wildman–Crippen MR) is 122 cm³/mol. The lowest BCUT2D eigenvalue weighted by Crippen LogP contribution is -2.52. The number of nitrogens with one attached hydrogen (secondary N) is 1. The van der Waals surface area contributed by atoms with Gasteiger partial charge in [0.25, 0.3) is 0 Å². The van der Waals surface area contributed by atoms with Crippen molar-refractivity contribution in [1.29, 1.82) is 5.41 Å². The van der Waals surface area contributed by atoms with E-state index in [1.54, 1.807) is 13.3 Å². The first-order valence-electron chi connectivity index (χ1n) is 10.4. The summed E-state index contributed by atoms with van der Waals surface area (Å²) >= 11 is 0. The Hall–Kier alpha value is -3.52. The van der Waals surface area contributed by atoms with Crippen LogP contribution in [0.2, 0.25) is 0 Å². The van der Waals surface area contributed by atoms with Gasteiger partial charge >= 0.3 is 0 Å². The molecule has 1 aromatic carbocycles. The van der Waals surface area contributed by atoms with E-state index in [4.69, 9.17) is 31.7 Å². The lowest BCUT2D eigenvalue weighted by molar-refractivity contribution is 0.212. The average molecular weight is 418 g/mol. The molecule has 160 valence electrons. The molecular weight excluding hydrogens is 390 g/mol. The Morgan fingerprint density at radius 3 is 2.74 bits per heavy atom. The standard InChI is InChI=1S/C23H27N7O/c1-31-16-10-11-19-18(14-16)22(17-7-2-3-8-20(17)30(26)23(24)25)29-21(28-19)12-9-15-6-4-5-13-27-15/h4-6,9-14,17,20H,2-3,7-8,26H2,1H3,(H3,24,25)/b12-9-/t17-,20+/m0/s1. The lowest BCUT2D eigenvalue weighted by Gasteiger charge is -2.37. The minimum absolute atomic E-state index is 0.0299. The van der Waals surface area contributed by atoms with Crippen molar-refractivity contribution >= 4 is 29.0 Å². The third kappa shape index (κ3) is 4.49. The van der Waals surface area contributed by atoms with E-state index < -0.39 is 0 Å². The first-order chi connectivity index (χ1) is 15.1. The van der Waals surface area contributed by atoms with Crippen LogP contribution in [0.5, 0.6) is 5.75 Å². The van der Waals surface area contributed by atoms with Gasteiger partial charge in [0, 0.05) is 17.5 Å². The smallest absolute Gasteiger partial charge is 0.203 e. The molecule has 0 bridgehead atoms. The summed E-state index contributed by atoms with van der Waals surface area (Å²) in [5.74, 6) is 7.43. The maximum absolute atomic E-state index is 7.83. The quantitative estimate of drug-likeness (QED) is 0.251. The van der Waals surface area contributed by atoms with Crippen LogP contribution in [0, 0.1) is 5.41 Å². The minimum Gasteiger partial charge on any atom is -0.497 e. The zero-order valence-corrected chi connectivity index (χ0v) is 17.5. The van der Waals surface area contributed by atoms with Crippen LogP contribution in [0.4, 0.5) is 0 Å². The molecule has 8 nitrogen and oxygen atoms in total. The van der Waals surface area contributed by atoms with E-state index in [1.165, 1.54) is 5.01 Å². The number of benzene rings is 1. The molecule has 31 heavy (non-hydrogen) atoms. The van der Waals surface area contributed by atoms with Crippen LogP contribution < -0.4 is 16.3 Å². The summed E-state index contributed by atoms with van der Waals surface area (Å²) in [6, 6.07) is 11.5. The van der Waals surface area contributed by atoms with Gasteiger partial charge in [-0.05, 0) is 55.3 Å². The van der Waals surface area contributed by atoms with Crippen LogP contribution in [0.1, 0.15) is 48.8 Å². The third-order valence-electron chi connectivity index (χ3n) is 5.76. The van der Waals surface area contributed by atoms with E-state index >= 15 is 0 Å². The van der Waals surface area contributed by atoms with Gasteiger partial charge in [0.1, 0.15) is 5.75 Å². The van der Waals surface area contributed by atoms with Gasteiger partial charge in [-0.15, -0.1) is 0 Å². The van der Waals surface area contributed by atoms with E-state index in [-0.39, 0.29) is 17.9 Å². The van der Waals surface area contributed by atoms with Crippen molar-refractivity contribution < 1.29 is 4.74 Å². The van der Waals surface area contributed by atoms with E-state index in [0.29, 0.717) is 5.82 Å². The highest BCUT2D eigenvalue weighted by atomic mass is 16.5. The van der Waals surface area contributed by atoms with Gasteiger partial charge in [0.2, 0.25) is 5.96 Å². The number of hydrazine groups is 1. The Morgan fingerprint density at radius 2 is 2.00 bits per heavy atom. The summed E-state index contributed by atoms with van der Waals surface area (Å²) in [6.45, 7) is 0. The normalized spacial score (nSPS) is 18.9. The molecule has 2 atom stereocenters. The number of nitrogens with zero attached hydrogens (tertiary/aromatic N) is 4. The van der Waals surface area contributed by atoms with Gasteiger partial charge in [-0.2, -0.15) is 0 Å². The molecule has 1 aliphatic carbocycles. The number of fused-ring (bicyclic) bond motifs is 1. The van der Waals surface area contributed by atoms with Crippen molar-refractivity contribution in [3.8, 4) is 5.75 Å². The fraction of sp³-hybridized carbons (Fsp3) is 0.304. The van der Waals surface area contributed by atoms with Crippen molar-refractivity contribution in [2.24, 2.45) is 11.6 Å². The Kier molecular flexibility index (Phi) is 6.08. The molecule has 1 saturated carbocycles. The number of methoxy groups -OCH3 is 1. The zero-order valence-electron chi connectivity index (χ0n) is 17.5. The highest BCUT2D eigenvalue weighted by Gasteiger charge is 2.33. The predicted octanol–water partition coefficient (Wildman–Crippen LogP) is 3.30. The van der Waals surface area contributed by atoms with Crippen LogP contribution in [-0.4, -0.2) is 39.1 Å². The monoisotopic (exact) mass is 417 g/mol. The fourth-order valence-electron chi connectivity index (χ4n) is 4.21. The number of rotatable bonds is 5. The van der Waals surface area contributed by atoms with E-state index in [2.05, 4.69) is 4.98 Å². The number of hydrogen-bond donors (Lipinski definition) is 3. The van der Waals surface area contributed by atoms with Crippen LogP contribution in [0.15, 0.2) is 42.6 Å². The number of hydrogen-bond acceptors (Lipinski definition) is 6. The molecule has 1 fully saturated rings. The van der Waals surface area contributed by atoms with Gasteiger partial charge in [-0.1, -0.05) is 18.9 Å². The van der Waals surface area contributed by atoms with Crippen LogP contribution in [-0.2, 0) is 0 Å². The van der Waals surface area contributed by atoms with Gasteiger partial charge in [0.05, 0.1) is 30.1 Å². The Morgan fingerprint density at radius 1 is 1.16 bits per heavy atom. The molecule has 0 saturated heterocycles. The lowest BCUT2D eigenvalue weighted by atomic mass is 9.80. The minimum atomic E-state index is -0.136. The van der Waals surface area contributed by atoms with Crippen molar-refractivity contribution in [1.82, 2.24) is 20.0 Å². The highest BCUT2D eigenvalue weighted by Crippen LogP contribution is 2.38. The average Bonchev–Trinajstić information content (AvgIpc) is 2.82. The van der Waals surface area contributed by atoms with E-state index in [1.807, 2.05) is 48.6 Å². The molecule has 2 heterocycles. The first-order valence-corrected chi connectivity index (χ1v) is 10.4. The second kappa shape index (κ2) is 9.09.